The number of aliphatic hydroxyl groups excluding tert-OH is 2. The van der Waals surface area contributed by atoms with Gasteiger partial charge >= 0.3 is 0 Å². The number of aliphatic hydroxyl groups is 2. The highest BCUT2D eigenvalue weighted by molar-refractivity contribution is 5.15. The summed E-state index contributed by atoms with van der Waals surface area (Å²) in [5.41, 5.74) is 1.12. The molecule has 90 valence electrons. The predicted octanol–water partition coefficient (Wildman–Crippen LogP) is 2.53. The third-order valence-corrected chi connectivity index (χ3v) is 2.75. The van der Waals surface area contributed by atoms with E-state index in [1.54, 1.807) is 0 Å². The van der Waals surface area contributed by atoms with E-state index in [1.807, 2.05) is 30.3 Å². The summed E-state index contributed by atoms with van der Waals surface area (Å²) in [6.07, 6.45) is 3.22. The van der Waals surface area contributed by atoms with Crippen molar-refractivity contribution >= 4 is 0 Å². The summed E-state index contributed by atoms with van der Waals surface area (Å²) in [6, 6.07) is 9.90. The lowest BCUT2D eigenvalue weighted by molar-refractivity contribution is 0.0746. The van der Waals surface area contributed by atoms with E-state index < -0.39 is 6.10 Å². The van der Waals surface area contributed by atoms with Crippen molar-refractivity contribution in [2.45, 2.75) is 51.2 Å². The highest BCUT2D eigenvalue weighted by Crippen LogP contribution is 2.11. The molecule has 2 unspecified atom stereocenters. The molecular weight excluding hydrogens is 200 g/mol. The molecule has 1 aromatic rings. The Morgan fingerprint density at radius 2 is 1.75 bits per heavy atom. The Bertz CT molecular complexity index is 271. The van der Waals surface area contributed by atoms with Crippen LogP contribution in [0.2, 0.25) is 0 Å². The summed E-state index contributed by atoms with van der Waals surface area (Å²) in [6.45, 7) is 2.10. The number of unbranched alkanes of at least 4 members (excludes halogenated alkanes) is 1. The van der Waals surface area contributed by atoms with Gasteiger partial charge in [-0.2, -0.15) is 0 Å². The van der Waals surface area contributed by atoms with Crippen LogP contribution in [0.25, 0.3) is 0 Å². The second kappa shape index (κ2) is 7.42. The van der Waals surface area contributed by atoms with Crippen molar-refractivity contribution in [3.8, 4) is 0 Å². The van der Waals surface area contributed by atoms with E-state index in [2.05, 4.69) is 6.92 Å². The Hall–Kier alpha value is -0.860. The molecule has 2 nitrogen and oxygen atoms in total. The van der Waals surface area contributed by atoms with Crippen LogP contribution in [0.4, 0.5) is 0 Å². The maximum absolute atomic E-state index is 9.81. The topological polar surface area (TPSA) is 40.5 Å². The molecule has 0 saturated heterocycles. The Labute approximate surface area is 97.9 Å². The second-order valence-electron chi connectivity index (χ2n) is 4.38. The molecule has 0 saturated carbocycles. The predicted molar refractivity (Wildman–Crippen MR) is 66.3 cm³/mol. The zero-order chi connectivity index (χ0) is 11.8. The molecule has 0 amide bonds. The lowest BCUT2D eigenvalue weighted by Gasteiger charge is -2.15. The molecule has 0 spiro atoms. The fourth-order valence-corrected chi connectivity index (χ4v) is 1.84. The van der Waals surface area contributed by atoms with Crippen molar-refractivity contribution < 1.29 is 10.2 Å². The number of hydrogen-bond donors (Lipinski definition) is 2. The number of rotatable bonds is 7. The number of hydrogen-bond acceptors (Lipinski definition) is 2. The van der Waals surface area contributed by atoms with Gasteiger partial charge in [0.2, 0.25) is 0 Å². The first-order valence-electron chi connectivity index (χ1n) is 6.12. The molecule has 0 radical (unpaired) electrons. The molecule has 0 heterocycles. The van der Waals surface area contributed by atoms with Crippen LogP contribution in [0, 0.1) is 0 Å². The van der Waals surface area contributed by atoms with Gasteiger partial charge < -0.3 is 10.2 Å². The largest absolute Gasteiger partial charge is 0.393 e. The molecule has 16 heavy (non-hydrogen) atoms. The molecule has 0 aliphatic rings. The summed E-state index contributed by atoms with van der Waals surface area (Å²) in [4.78, 5) is 0. The van der Waals surface area contributed by atoms with Crippen LogP contribution in [0.3, 0.4) is 0 Å². The van der Waals surface area contributed by atoms with Crippen LogP contribution in [-0.2, 0) is 6.42 Å². The first-order valence-corrected chi connectivity index (χ1v) is 6.12. The molecule has 0 aliphatic carbocycles. The van der Waals surface area contributed by atoms with Gasteiger partial charge in [-0.15, -0.1) is 0 Å². The SMILES string of the molecule is CCCCC(O)CC(O)Cc1ccccc1. The molecule has 1 rings (SSSR count). The summed E-state index contributed by atoms with van der Waals surface area (Å²) in [5, 5.41) is 19.5. The van der Waals surface area contributed by atoms with E-state index in [-0.39, 0.29) is 6.10 Å². The van der Waals surface area contributed by atoms with Crippen LogP contribution >= 0.6 is 0 Å². The summed E-state index contributed by atoms with van der Waals surface area (Å²) in [5.74, 6) is 0. The monoisotopic (exact) mass is 222 g/mol. The summed E-state index contributed by atoms with van der Waals surface area (Å²) < 4.78 is 0. The second-order valence-corrected chi connectivity index (χ2v) is 4.38. The molecule has 0 aliphatic heterocycles. The van der Waals surface area contributed by atoms with Gasteiger partial charge in [0.1, 0.15) is 0 Å². The number of benzene rings is 1. The molecule has 0 aromatic heterocycles. The Morgan fingerprint density at radius 3 is 2.38 bits per heavy atom. The minimum absolute atomic E-state index is 0.362. The lowest BCUT2D eigenvalue weighted by Crippen LogP contribution is -2.19. The van der Waals surface area contributed by atoms with E-state index in [9.17, 15) is 10.2 Å². The fraction of sp³-hybridized carbons (Fsp3) is 0.571. The molecule has 2 N–H and O–H groups in total. The average Bonchev–Trinajstić information content (AvgIpc) is 2.27. The van der Waals surface area contributed by atoms with Gasteiger partial charge in [-0.25, -0.2) is 0 Å². The van der Waals surface area contributed by atoms with Gasteiger partial charge in [-0.1, -0.05) is 50.1 Å². The standard InChI is InChI=1S/C14H22O2/c1-2-3-9-13(15)11-14(16)10-12-7-5-4-6-8-12/h4-8,13-16H,2-3,9-11H2,1H3. The van der Waals surface area contributed by atoms with Crippen LogP contribution in [0.5, 0.6) is 0 Å². The van der Waals surface area contributed by atoms with E-state index in [4.69, 9.17) is 0 Å². The van der Waals surface area contributed by atoms with Crippen LogP contribution in [-0.4, -0.2) is 22.4 Å². The van der Waals surface area contributed by atoms with Crippen molar-refractivity contribution in [2.24, 2.45) is 0 Å². The molecule has 2 atom stereocenters. The van der Waals surface area contributed by atoms with Crippen molar-refractivity contribution in [3.63, 3.8) is 0 Å². The van der Waals surface area contributed by atoms with Gasteiger partial charge in [0.25, 0.3) is 0 Å². The third-order valence-electron chi connectivity index (χ3n) is 2.75. The van der Waals surface area contributed by atoms with Crippen LogP contribution in [0.1, 0.15) is 38.2 Å². The van der Waals surface area contributed by atoms with Crippen LogP contribution < -0.4 is 0 Å². The normalized spacial score (nSPS) is 14.7. The lowest BCUT2D eigenvalue weighted by atomic mass is 10.0. The van der Waals surface area contributed by atoms with Crippen molar-refractivity contribution in [1.29, 1.82) is 0 Å². The smallest absolute Gasteiger partial charge is 0.0605 e. The van der Waals surface area contributed by atoms with Gasteiger partial charge in [-0.05, 0) is 24.8 Å². The maximum atomic E-state index is 9.81. The van der Waals surface area contributed by atoms with Gasteiger partial charge in [0.05, 0.1) is 12.2 Å². The summed E-state index contributed by atoms with van der Waals surface area (Å²) in [7, 11) is 0. The van der Waals surface area contributed by atoms with Crippen LogP contribution in [0.15, 0.2) is 30.3 Å². The minimum atomic E-state index is -0.436. The zero-order valence-corrected chi connectivity index (χ0v) is 9.97. The fourth-order valence-electron chi connectivity index (χ4n) is 1.84. The van der Waals surface area contributed by atoms with E-state index in [0.29, 0.717) is 12.8 Å². The van der Waals surface area contributed by atoms with Crippen molar-refractivity contribution in [2.75, 3.05) is 0 Å². The Kier molecular flexibility index (Phi) is 6.12. The summed E-state index contributed by atoms with van der Waals surface area (Å²) >= 11 is 0. The molecular formula is C14H22O2. The minimum Gasteiger partial charge on any atom is -0.393 e. The third kappa shape index (κ3) is 5.29. The average molecular weight is 222 g/mol. The van der Waals surface area contributed by atoms with Gasteiger partial charge in [-0.3, -0.25) is 0 Å². The Balaban J connectivity index is 2.27. The van der Waals surface area contributed by atoms with E-state index in [1.165, 1.54) is 0 Å². The van der Waals surface area contributed by atoms with E-state index >= 15 is 0 Å². The molecule has 2 heteroatoms. The molecule has 1 aromatic carbocycles. The van der Waals surface area contributed by atoms with Gasteiger partial charge in [0.15, 0.2) is 0 Å². The maximum Gasteiger partial charge on any atom is 0.0605 e. The van der Waals surface area contributed by atoms with Gasteiger partial charge in [0, 0.05) is 0 Å². The first-order chi connectivity index (χ1) is 7.72. The Morgan fingerprint density at radius 1 is 1.06 bits per heavy atom. The van der Waals surface area contributed by atoms with E-state index in [0.717, 1.165) is 24.8 Å². The quantitative estimate of drug-likeness (QED) is 0.744. The zero-order valence-electron chi connectivity index (χ0n) is 9.97. The van der Waals surface area contributed by atoms with Crippen molar-refractivity contribution in [3.05, 3.63) is 35.9 Å². The molecule has 0 bridgehead atoms. The van der Waals surface area contributed by atoms with Crippen molar-refractivity contribution in [1.82, 2.24) is 0 Å². The molecule has 0 fully saturated rings. The first kappa shape index (κ1) is 13.2. The highest BCUT2D eigenvalue weighted by Gasteiger charge is 2.11. The highest BCUT2D eigenvalue weighted by atomic mass is 16.3.